The molecule has 1 N–H and O–H groups in total. The highest BCUT2D eigenvalue weighted by Gasteiger charge is 2.23. The summed E-state index contributed by atoms with van der Waals surface area (Å²) >= 11 is 11.6. The molecule has 0 saturated carbocycles. The van der Waals surface area contributed by atoms with Gasteiger partial charge < -0.3 is 5.32 Å². The monoisotopic (exact) mass is 306 g/mol. The predicted molar refractivity (Wildman–Crippen MR) is 79.4 cm³/mol. The fraction of sp³-hybridized carbons (Fsp3) is 0.200. The summed E-state index contributed by atoms with van der Waals surface area (Å²) in [6.45, 7) is 0. The third kappa shape index (κ3) is 2.79. The van der Waals surface area contributed by atoms with Gasteiger partial charge in [-0.15, -0.1) is 0 Å². The van der Waals surface area contributed by atoms with Gasteiger partial charge in [0.15, 0.2) is 0 Å². The molecule has 0 radical (unpaired) electrons. The normalized spacial score (nSPS) is 14.1. The first-order valence-electron chi connectivity index (χ1n) is 6.32. The summed E-state index contributed by atoms with van der Waals surface area (Å²) in [4.78, 5) is 16.0. The maximum absolute atomic E-state index is 12.2. The molecule has 1 aliphatic rings. The first-order valence-corrected chi connectivity index (χ1v) is 7.08. The molecule has 3 nitrogen and oxygen atoms in total. The standard InChI is InChI=1S/C15H12Cl2N2O/c16-13-7-11(8-14(17)19-13)15(20)18-12-5-9-3-1-2-4-10(9)6-12/h1-4,7-8,12H,5-6H2,(H,18,20). The van der Waals surface area contributed by atoms with Gasteiger partial charge in [-0.05, 0) is 36.1 Å². The number of amides is 1. The zero-order valence-electron chi connectivity index (χ0n) is 10.6. The average Bonchev–Trinajstić information content (AvgIpc) is 2.79. The number of benzene rings is 1. The quantitative estimate of drug-likeness (QED) is 0.865. The summed E-state index contributed by atoms with van der Waals surface area (Å²) in [5.74, 6) is -0.172. The van der Waals surface area contributed by atoms with Crippen LogP contribution in [0.4, 0.5) is 0 Å². The second-order valence-corrected chi connectivity index (χ2v) is 5.62. The zero-order valence-corrected chi connectivity index (χ0v) is 12.1. The lowest BCUT2D eigenvalue weighted by Crippen LogP contribution is -2.35. The molecule has 0 atom stereocenters. The van der Waals surface area contributed by atoms with E-state index in [-0.39, 0.29) is 22.3 Å². The van der Waals surface area contributed by atoms with Gasteiger partial charge >= 0.3 is 0 Å². The lowest BCUT2D eigenvalue weighted by Gasteiger charge is -2.12. The maximum Gasteiger partial charge on any atom is 0.251 e. The SMILES string of the molecule is O=C(NC1Cc2ccccc2C1)c1cc(Cl)nc(Cl)c1. The molecule has 1 aromatic carbocycles. The van der Waals surface area contributed by atoms with Crippen LogP contribution in [0.2, 0.25) is 10.3 Å². The lowest BCUT2D eigenvalue weighted by molar-refractivity contribution is 0.0938. The average molecular weight is 307 g/mol. The Balaban J connectivity index is 1.72. The Morgan fingerprint density at radius 1 is 1.10 bits per heavy atom. The van der Waals surface area contributed by atoms with E-state index < -0.39 is 0 Å². The van der Waals surface area contributed by atoms with E-state index in [2.05, 4.69) is 22.4 Å². The number of pyridine rings is 1. The molecule has 0 unspecified atom stereocenters. The van der Waals surface area contributed by atoms with Crippen LogP contribution in [0.5, 0.6) is 0 Å². The first-order chi connectivity index (χ1) is 9.61. The van der Waals surface area contributed by atoms with Gasteiger partial charge in [0.05, 0.1) is 0 Å². The predicted octanol–water partition coefficient (Wildman–Crippen LogP) is 3.29. The first kappa shape index (κ1) is 13.4. The van der Waals surface area contributed by atoms with Gasteiger partial charge in [-0.3, -0.25) is 4.79 Å². The Labute approximate surface area is 126 Å². The molecule has 1 aromatic heterocycles. The Morgan fingerprint density at radius 2 is 1.65 bits per heavy atom. The minimum atomic E-state index is -0.172. The minimum absolute atomic E-state index is 0.116. The molecule has 0 bridgehead atoms. The fourth-order valence-electron chi connectivity index (χ4n) is 2.53. The second kappa shape index (κ2) is 5.43. The minimum Gasteiger partial charge on any atom is -0.349 e. The van der Waals surface area contributed by atoms with Gasteiger partial charge in [0, 0.05) is 11.6 Å². The number of hydrogen-bond acceptors (Lipinski definition) is 2. The summed E-state index contributed by atoms with van der Waals surface area (Å²) in [7, 11) is 0. The van der Waals surface area contributed by atoms with Crippen LogP contribution in [0, 0.1) is 0 Å². The number of rotatable bonds is 2. The number of fused-ring (bicyclic) bond motifs is 1. The topological polar surface area (TPSA) is 42.0 Å². The van der Waals surface area contributed by atoms with E-state index in [9.17, 15) is 4.79 Å². The summed E-state index contributed by atoms with van der Waals surface area (Å²) in [6.07, 6.45) is 1.71. The van der Waals surface area contributed by atoms with Crippen molar-refractivity contribution in [3.8, 4) is 0 Å². The number of halogens is 2. The van der Waals surface area contributed by atoms with E-state index in [1.807, 2.05) is 12.1 Å². The fourth-order valence-corrected chi connectivity index (χ4v) is 2.99. The molecular formula is C15H12Cl2N2O. The smallest absolute Gasteiger partial charge is 0.251 e. The highest BCUT2D eigenvalue weighted by Crippen LogP contribution is 2.22. The van der Waals surface area contributed by atoms with Crippen LogP contribution >= 0.6 is 23.2 Å². The number of aromatic nitrogens is 1. The van der Waals surface area contributed by atoms with Crippen LogP contribution < -0.4 is 5.32 Å². The van der Waals surface area contributed by atoms with Crippen LogP contribution in [0.1, 0.15) is 21.5 Å². The van der Waals surface area contributed by atoms with Crippen molar-refractivity contribution in [2.75, 3.05) is 0 Å². The van der Waals surface area contributed by atoms with E-state index in [1.165, 1.54) is 23.3 Å². The Bertz CT molecular complexity index is 627. The molecule has 0 fully saturated rings. The molecule has 2 aromatic rings. The van der Waals surface area contributed by atoms with Crippen molar-refractivity contribution in [1.29, 1.82) is 0 Å². The highest BCUT2D eigenvalue weighted by atomic mass is 35.5. The van der Waals surface area contributed by atoms with Crippen molar-refractivity contribution < 1.29 is 4.79 Å². The molecule has 0 saturated heterocycles. The summed E-state index contributed by atoms with van der Waals surface area (Å²) in [5.41, 5.74) is 3.03. The molecule has 1 amide bonds. The Morgan fingerprint density at radius 3 is 2.20 bits per heavy atom. The summed E-state index contributed by atoms with van der Waals surface area (Å²) in [6, 6.07) is 11.4. The molecule has 0 spiro atoms. The van der Waals surface area contributed by atoms with Crippen LogP contribution in [-0.2, 0) is 12.8 Å². The van der Waals surface area contributed by atoms with E-state index >= 15 is 0 Å². The number of nitrogens with one attached hydrogen (secondary N) is 1. The van der Waals surface area contributed by atoms with Crippen LogP contribution in [0.25, 0.3) is 0 Å². The zero-order chi connectivity index (χ0) is 14.1. The van der Waals surface area contributed by atoms with Gasteiger partial charge in [0.1, 0.15) is 10.3 Å². The van der Waals surface area contributed by atoms with Crippen LogP contribution in [-0.4, -0.2) is 16.9 Å². The molecule has 102 valence electrons. The van der Waals surface area contributed by atoms with Crippen molar-refractivity contribution in [3.63, 3.8) is 0 Å². The van der Waals surface area contributed by atoms with Gasteiger partial charge in [-0.25, -0.2) is 4.98 Å². The van der Waals surface area contributed by atoms with Gasteiger partial charge in [0.25, 0.3) is 5.91 Å². The molecule has 5 heteroatoms. The van der Waals surface area contributed by atoms with E-state index in [1.54, 1.807) is 0 Å². The highest BCUT2D eigenvalue weighted by molar-refractivity contribution is 6.33. The van der Waals surface area contributed by atoms with E-state index in [0.29, 0.717) is 5.56 Å². The molecule has 1 aliphatic carbocycles. The molecular weight excluding hydrogens is 295 g/mol. The summed E-state index contributed by atoms with van der Waals surface area (Å²) < 4.78 is 0. The Kier molecular flexibility index (Phi) is 3.64. The van der Waals surface area contributed by atoms with Crippen molar-refractivity contribution in [1.82, 2.24) is 10.3 Å². The second-order valence-electron chi connectivity index (χ2n) is 4.85. The van der Waals surface area contributed by atoms with Crippen LogP contribution in [0.3, 0.4) is 0 Å². The van der Waals surface area contributed by atoms with E-state index in [4.69, 9.17) is 23.2 Å². The summed E-state index contributed by atoms with van der Waals surface area (Å²) in [5, 5.41) is 3.45. The van der Waals surface area contributed by atoms with Gasteiger partial charge in [-0.1, -0.05) is 47.5 Å². The Hall–Kier alpha value is -1.58. The van der Waals surface area contributed by atoms with Crippen molar-refractivity contribution in [2.24, 2.45) is 0 Å². The van der Waals surface area contributed by atoms with Gasteiger partial charge in [-0.2, -0.15) is 0 Å². The van der Waals surface area contributed by atoms with E-state index in [0.717, 1.165) is 12.8 Å². The number of nitrogens with zero attached hydrogens (tertiary/aromatic N) is 1. The molecule has 0 aliphatic heterocycles. The van der Waals surface area contributed by atoms with Crippen LogP contribution in [0.15, 0.2) is 36.4 Å². The molecule has 1 heterocycles. The number of carbonyl (C=O) groups excluding carboxylic acids is 1. The lowest BCUT2D eigenvalue weighted by atomic mass is 10.1. The third-order valence-electron chi connectivity index (χ3n) is 3.41. The number of hydrogen-bond donors (Lipinski definition) is 1. The molecule has 20 heavy (non-hydrogen) atoms. The van der Waals surface area contributed by atoms with Gasteiger partial charge in [0.2, 0.25) is 0 Å². The maximum atomic E-state index is 12.2. The largest absolute Gasteiger partial charge is 0.349 e. The molecule has 3 rings (SSSR count). The van der Waals surface area contributed by atoms with Crippen molar-refractivity contribution in [3.05, 3.63) is 63.4 Å². The number of carbonyl (C=O) groups is 1. The van der Waals surface area contributed by atoms with Crippen molar-refractivity contribution in [2.45, 2.75) is 18.9 Å². The van der Waals surface area contributed by atoms with Crippen molar-refractivity contribution >= 4 is 29.1 Å². The third-order valence-corrected chi connectivity index (χ3v) is 3.80.